The Balaban J connectivity index is 0.000000202. The van der Waals surface area contributed by atoms with Crippen LogP contribution in [0.2, 0.25) is 17.3 Å². The zero-order valence-electron chi connectivity index (χ0n) is 41.1. The SMILES string of the molecule is Cc1ccc2c(n1)oc1c(-c3nc4ccccc4n3-c3c(-c4ccccc4)cccc3-c3ccccc3)[c-]ccc12.[2H]C([2H])(c1cc(-c2[c-]ccc(C(C)(C)C)c2)nc[c]1[Ge]([CH3])([CH3])[CH3])C(C)C.[Ir]. The molecule has 0 saturated heterocycles. The summed E-state index contributed by atoms with van der Waals surface area (Å²) in [5, 5.41) is 1.98. The Morgan fingerprint density at radius 3 is 2.03 bits per heavy atom. The number of hydrogen-bond donors (Lipinski definition) is 0. The van der Waals surface area contributed by atoms with Crippen molar-refractivity contribution in [3.8, 4) is 50.6 Å². The number of pyridine rings is 2. The summed E-state index contributed by atoms with van der Waals surface area (Å²) in [6.07, 6.45) is 0.565. The van der Waals surface area contributed by atoms with Crippen LogP contribution in [0.3, 0.4) is 0 Å². The quantitative estimate of drug-likeness (QED) is 0.112. The molecule has 0 aliphatic heterocycles. The van der Waals surface area contributed by atoms with Gasteiger partial charge in [0.15, 0.2) is 0 Å². The topological polar surface area (TPSA) is 56.7 Å². The molecule has 66 heavy (non-hydrogen) atoms. The molecular formula is C59H56GeIrN4O-2. The Hall–Kier alpha value is -5.92. The number of imidazole rings is 1. The van der Waals surface area contributed by atoms with Crippen molar-refractivity contribution >= 4 is 50.8 Å². The molecule has 0 saturated carbocycles. The first-order valence-electron chi connectivity index (χ1n) is 23.5. The maximum atomic E-state index is 8.70. The fraction of sp³-hybridized carbons (Fsp3) is 0.203. The minimum absolute atomic E-state index is 0. The largest absolute Gasteiger partial charge is 0 e. The van der Waals surface area contributed by atoms with Crippen LogP contribution in [0.1, 0.15) is 54.2 Å². The summed E-state index contributed by atoms with van der Waals surface area (Å²) in [4.78, 5) is 14.6. The number of fused-ring (bicyclic) bond motifs is 4. The Morgan fingerprint density at radius 1 is 0.727 bits per heavy atom. The first-order chi connectivity index (χ1) is 32.0. The molecule has 4 aromatic heterocycles. The Labute approximate surface area is 408 Å². The van der Waals surface area contributed by atoms with E-state index in [4.69, 9.17) is 17.1 Å². The standard InChI is InChI=1S/C37H24N3O.C22H32GeN.Ir/c1-24-22-23-30-29-18-11-19-31(35(29)41-37(30)38-24)36-39-32-20-8-9-21-33(32)40(36)34-27(25-12-4-2-5-13-25)16-10-17-28(34)26-14-6-3-7-15-26;1-16(2)12-18-14-21(24-15-20(18)23(6,7)8)17-10-9-11-19(13-17)22(3,4)5;/h2-18,20-23H,1H3;9,11,13-16H,12H2,1-8H3;/q2*-1;/i;12D2;. The second kappa shape index (κ2) is 19.1. The van der Waals surface area contributed by atoms with E-state index in [-0.39, 0.29) is 31.4 Å². The third-order valence-corrected chi connectivity index (χ3v) is 16.0. The number of rotatable bonds is 8. The molecule has 0 aliphatic rings. The number of benzene rings is 6. The molecule has 0 spiro atoms. The Morgan fingerprint density at radius 2 is 1.38 bits per heavy atom. The van der Waals surface area contributed by atoms with E-state index in [1.165, 1.54) is 5.56 Å². The molecule has 0 N–H and O–H groups in total. The number of aromatic nitrogens is 4. The van der Waals surface area contributed by atoms with Crippen molar-refractivity contribution < 1.29 is 27.3 Å². The third-order valence-electron chi connectivity index (χ3n) is 11.8. The maximum absolute atomic E-state index is 8.70. The molecule has 10 aromatic rings. The first kappa shape index (κ1) is 43.9. The molecule has 10 rings (SSSR count). The van der Waals surface area contributed by atoms with Gasteiger partial charge in [-0.05, 0) is 42.3 Å². The average molecular weight is 1100 g/mol. The van der Waals surface area contributed by atoms with E-state index in [1.54, 1.807) is 0 Å². The van der Waals surface area contributed by atoms with Gasteiger partial charge in [-0.25, -0.2) is 4.98 Å². The van der Waals surface area contributed by atoms with Gasteiger partial charge in [0.1, 0.15) is 0 Å². The van der Waals surface area contributed by atoms with Crippen LogP contribution in [0.15, 0.2) is 162 Å². The van der Waals surface area contributed by atoms with Crippen molar-refractivity contribution in [2.24, 2.45) is 5.92 Å². The Kier molecular flexibility index (Phi) is 12.7. The number of furan rings is 1. The van der Waals surface area contributed by atoms with Gasteiger partial charge in [-0.15, -0.1) is 18.2 Å². The van der Waals surface area contributed by atoms with Crippen LogP contribution < -0.4 is 4.40 Å². The van der Waals surface area contributed by atoms with Crippen LogP contribution in [-0.2, 0) is 31.9 Å². The van der Waals surface area contributed by atoms with Crippen molar-refractivity contribution in [3.05, 3.63) is 187 Å². The summed E-state index contributed by atoms with van der Waals surface area (Å²) >= 11 is -2.25. The molecule has 5 nitrogen and oxygen atoms in total. The second-order valence-corrected chi connectivity index (χ2v) is 29.7. The van der Waals surface area contributed by atoms with E-state index in [0.717, 1.165) is 93.6 Å². The number of aryl methyl sites for hydroxylation is 1. The summed E-state index contributed by atoms with van der Waals surface area (Å²) in [6, 6.07) is 58.9. The molecule has 333 valence electrons. The average Bonchev–Trinajstić information content (AvgIpc) is 3.89. The van der Waals surface area contributed by atoms with Gasteiger partial charge in [0.2, 0.25) is 5.71 Å². The summed E-state index contributed by atoms with van der Waals surface area (Å²) in [6.45, 7) is 12.5. The minimum atomic E-state index is -2.25. The fourth-order valence-electron chi connectivity index (χ4n) is 8.50. The maximum Gasteiger partial charge on any atom is 0 e. The molecule has 7 heteroatoms. The van der Waals surface area contributed by atoms with Crippen LogP contribution in [0, 0.1) is 25.0 Å². The normalized spacial score (nSPS) is 12.5. The van der Waals surface area contributed by atoms with E-state index in [9.17, 15) is 0 Å². The zero-order chi connectivity index (χ0) is 47.3. The van der Waals surface area contributed by atoms with Crippen molar-refractivity contribution in [1.29, 1.82) is 0 Å². The van der Waals surface area contributed by atoms with Crippen LogP contribution in [0.25, 0.3) is 83.7 Å². The van der Waals surface area contributed by atoms with Crippen molar-refractivity contribution in [1.82, 2.24) is 19.5 Å². The predicted octanol–water partition coefficient (Wildman–Crippen LogP) is 15.0. The third kappa shape index (κ3) is 9.51. The molecular weight excluding hydrogens is 1050 g/mol. The molecule has 1 radical (unpaired) electrons. The van der Waals surface area contributed by atoms with Gasteiger partial charge in [0.05, 0.1) is 28.1 Å². The zero-order valence-corrected chi connectivity index (χ0v) is 43.6. The molecule has 0 bridgehead atoms. The molecule has 0 aliphatic carbocycles. The van der Waals surface area contributed by atoms with Crippen LogP contribution in [0.4, 0.5) is 0 Å². The number of nitrogens with zero attached hydrogens (tertiary/aromatic N) is 4. The van der Waals surface area contributed by atoms with E-state index in [2.05, 4.69) is 175 Å². The molecule has 0 amide bonds. The molecule has 0 unspecified atom stereocenters. The number of hydrogen-bond acceptors (Lipinski definition) is 4. The summed E-state index contributed by atoms with van der Waals surface area (Å²) in [7, 11) is 0. The fourth-order valence-corrected chi connectivity index (χ4v) is 11.4. The van der Waals surface area contributed by atoms with Crippen molar-refractivity contribution in [2.75, 3.05) is 0 Å². The van der Waals surface area contributed by atoms with Gasteiger partial charge in [-0.3, -0.25) is 4.98 Å². The molecule has 0 fully saturated rings. The van der Waals surface area contributed by atoms with Gasteiger partial charge in [-0.1, -0.05) is 102 Å². The van der Waals surface area contributed by atoms with E-state index < -0.39 is 19.6 Å². The van der Waals surface area contributed by atoms with Gasteiger partial charge in [0, 0.05) is 42.3 Å². The molecule has 6 aromatic carbocycles. The van der Waals surface area contributed by atoms with Gasteiger partial charge in [-0.2, -0.15) is 0 Å². The van der Waals surface area contributed by atoms with Gasteiger partial charge in [0.25, 0.3) is 0 Å². The molecule has 0 atom stereocenters. The minimum Gasteiger partial charge on any atom is 0 e. The van der Waals surface area contributed by atoms with Gasteiger partial charge < -0.3 is 8.98 Å². The summed E-state index contributed by atoms with van der Waals surface area (Å²) in [5.74, 6) is 7.56. The predicted molar refractivity (Wildman–Crippen MR) is 275 cm³/mol. The molecule has 4 heterocycles. The van der Waals surface area contributed by atoms with E-state index in [1.807, 2.05) is 63.4 Å². The summed E-state index contributed by atoms with van der Waals surface area (Å²) in [5.41, 5.74) is 14.4. The Bertz CT molecular complexity index is 3350. The van der Waals surface area contributed by atoms with Crippen LogP contribution in [-0.4, -0.2) is 32.8 Å². The first-order valence-corrected chi connectivity index (χ1v) is 29.8. The van der Waals surface area contributed by atoms with Crippen LogP contribution in [0.5, 0.6) is 0 Å². The second-order valence-electron chi connectivity index (χ2n) is 19.1. The number of para-hydroxylation sites is 3. The monoisotopic (exact) mass is 1110 g/mol. The van der Waals surface area contributed by atoms with E-state index >= 15 is 0 Å². The van der Waals surface area contributed by atoms with Gasteiger partial charge >= 0.3 is 154 Å². The van der Waals surface area contributed by atoms with Crippen LogP contribution >= 0.6 is 0 Å². The smallest absolute Gasteiger partial charge is 0 e. The van der Waals surface area contributed by atoms with E-state index in [0.29, 0.717) is 5.71 Å². The van der Waals surface area contributed by atoms with Crippen molar-refractivity contribution in [2.45, 2.75) is 70.6 Å². The van der Waals surface area contributed by atoms with Crippen molar-refractivity contribution in [3.63, 3.8) is 0 Å². The summed E-state index contributed by atoms with van der Waals surface area (Å²) < 4.78 is 27.3.